The lowest BCUT2D eigenvalue weighted by Gasteiger charge is -2.59. The van der Waals surface area contributed by atoms with Gasteiger partial charge in [-0.3, -0.25) is 9.59 Å². The number of carbonyl (C=O) groups excluding carboxylic acids is 2. The standard InChI is InChI=1S/C24H32FN3O2/c1-16(24-13-17-10-18(14-24)12-19(11-17)15-24)26-22(29)23(30)28-8-6-27(7-9-28)21-4-2-20(25)3-5-21/h2-5,16-19H,6-15H2,1H3,(H,26,29). The minimum absolute atomic E-state index is 0.0582. The molecule has 1 aromatic rings. The molecule has 5 aliphatic rings. The monoisotopic (exact) mass is 413 g/mol. The molecule has 2 amide bonds. The lowest BCUT2D eigenvalue weighted by atomic mass is 9.48. The molecule has 1 aliphatic heterocycles. The van der Waals surface area contributed by atoms with Crippen molar-refractivity contribution in [3.05, 3.63) is 30.1 Å². The summed E-state index contributed by atoms with van der Waals surface area (Å²) in [6, 6.07) is 6.47. The summed E-state index contributed by atoms with van der Waals surface area (Å²) in [7, 11) is 0. The van der Waals surface area contributed by atoms with Crippen molar-refractivity contribution in [2.45, 2.75) is 51.5 Å². The first-order valence-corrected chi connectivity index (χ1v) is 11.5. The molecule has 6 heteroatoms. The molecule has 1 atom stereocenters. The summed E-state index contributed by atoms with van der Waals surface area (Å²) in [6.07, 6.45) is 7.76. The van der Waals surface area contributed by atoms with Crippen molar-refractivity contribution in [3.8, 4) is 0 Å². The number of nitrogens with zero attached hydrogens (tertiary/aromatic N) is 2. The van der Waals surface area contributed by atoms with Gasteiger partial charge in [-0.05, 0) is 92.9 Å². The SMILES string of the molecule is CC(NC(=O)C(=O)N1CCN(c2ccc(F)cc2)CC1)C12CC3CC(CC(C3)C1)C2. The number of piperazine rings is 1. The number of hydrogen-bond donors (Lipinski definition) is 1. The zero-order valence-electron chi connectivity index (χ0n) is 17.8. The average molecular weight is 414 g/mol. The number of halogens is 1. The molecule has 1 saturated heterocycles. The van der Waals surface area contributed by atoms with E-state index < -0.39 is 11.8 Å². The molecular weight excluding hydrogens is 381 g/mol. The highest BCUT2D eigenvalue weighted by atomic mass is 19.1. The van der Waals surface area contributed by atoms with Gasteiger partial charge in [0.1, 0.15) is 5.82 Å². The van der Waals surface area contributed by atoms with E-state index in [0.717, 1.165) is 23.4 Å². The minimum Gasteiger partial charge on any atom is -0.368 e. The van der Waals surface area contributed by atoms with E-state index in [1.807, 2.05) is 0 Å². The highest BCUT2D eigenvalue weighted by Crippen LogP contribution is 2.61. The minimum atomic E-state index is -0.450. The van der Waals surface area contributed by atoms with Gasteiger partial charge in [-0.25, -0.2) is 4.39 Å². The first-order chi connectivity index (χ1) is 14.4. The predicted octanol–water partition coefficient (Wildman–Crippen LogP) is 3.20. The van der Waals surface area contributed by atoms with Gasteiger partial charge in [-0.2, -0.15) is 0 Å². The Kier molecular flexibility index (Phi) is 4.98. The van der Waals surface area contributed by atoms with Crippen LogP contribution in [0.1, 0.15) is 45.4 Å². The fourth-order valence-corrected chi connectivity index (χ4v) is 7.08. The van der Waals surface area contributed by atoms with E-state index in [-0.39, 0.29) is 17.3 Å². The lowest BCUT2D eigenvalue weighted by molar-refractivity contribution is -0.148. The quantitative estimate of drug-likeness (QED) is 0.775. The summed E-state index contributed by atoms with van der Waals surface area (Å²) in [4.78, 5) is 29.3. The van der Waals surface area contributed by atoms with Crippen LogP contribution in [0, 0.1) is 29.0 Å². The molecule has 1 heterocycles. The number of carbonyl (C=O) groups is 2. The van der Waals surface area contributed by atoms with Gasteiger partial charge in [0.05, 0.1) is 0 Å². The number of hydrogen-bond acceptors (Lipinski definition) is 3. The fourth-order valence-electron chi connectivity index (χ4n) is 7.08. The van der Waals surface area contributed by atoms with Crippen LogP contribution in [0.2, 0.25) is 0 Å². The Morgan fingerprint density at radius 2 is 1.50 bits per heavy atom. The molecule has 5 fully saturated rings. The molecule has 0 spiro atoms. The van der Waals surface area contributed by atoms with Gasteiger partial charge in [0.2, 0.25) is 0 Å². The maximum Gasteiger partial charge on any atom is 0.312 e. The van der Waals surface area contributed by atoms with Crippen molar-refractivity contribution in [3.63, 3.8) is 0 Å². The van der Waals surface area contributed by atoms with Crippen molar-refractivity contribution < 1.29 is 14.0 Å². The van der Waals surface area contributed by atoms with Gasteiger partial charge in [-0.1, -0.05) is 0 Å². The van der Waals surface area contributed by atoms with E-state index in [9.17, 15) is 14.0 Å². The van der Waals surface area contributed by atoms with Crippen molar-refractivity contribution in [1.29, 1.82) is 0 Å². The third-order valence-corrected chi connectivity index (χ3v) is 8.30. The van der Waals surface area contributed by atoms with Gasteiger partial charge >= 0.3 is 11.8 Å². The number of nitrogens with one attached hydrogen (secondary N) is 1. The Labute approximate surface area is 178 Å². The molecule has 0 radical (unpaired) electrons. The molecule has 4 saturated carbocycles. The summed E-state index contributed by atoms with van der Waals surface area (Å²) >= 11 is 0. The molecule has 0 aromatic heterocycles. The van der Waals surface area contributed by atoms with Gasteiger partial charge in [-0.15, -0.1) is 0 Å². The molecular formula is C24H32FN3O2. The maximum atomic E-state index is 13.1. The van der Waals surface area contributed by atoms with E-state index in [0.29, 0.717) is 26.2 Å². The first-order valence-electron chi connectivity index (χ1n) is 11.5. The van der Waals surface area contributed by atoms with E-state index in [4.69, 9.17) is 0 Å². The number of rotatable bonds is 3. The van der Waals surface area contributed by atoms with Crippen LogP contribution in [0.4, 0.5) is 10.1 Å². The van der Waals surface area contributed by atoms with E-state index in [1.54, 1.807) is 17.0 Å². The topological polar surface area (TPSA) is 52.7 Å². The summed E-state index contributed by atoms with van der Waals surface area (Å²) in [6.45, 7) is 4.43. The van der Waals surface area contributed by atoms with Gasteiger partial charge in [0.15, 0.2) is 0 Å². The van der Waals surface area contributed by atoms with E-state index in [2.05, 4.69) is 17.1 Å². The van der Waals surface area contributed by atoms with E-state index in [1.165, 1.54) is 50.7 Å². The molecule has 4 aliphatic carbocycles. The molecule has 30 heavy (non-hydrogen) atoms. The average Bonchev–Trinajstić information content (AvgIpc) is 2.73. The van der Waals surface area contributed by atoms with Crippen molar-refractivity contribution in [2.75, 3.05) is 31.1 Å². The molecule has 1 aromatic carbocycles. The molecule has 1 unspecified atom stereocenters. The zero-order chi connectivity index (χ0) is 20.9. The Balaban J connectivity index is 1.16. The number of benzene rings is 1. The van der Waals surface area contributed by atoms with Crippen molar-refractivity contribution >= 4 is 17.5 Å². The Bertz CT molecular complexity index is 781. The summed E-state index contributed by atoms with van der Waals surface area (Å²) in [5.74, 6) is 1.36. The predicted molar refractivity (Wildman–Crippen MR) is 113 cm³/mol. The maximum absolute atomic E-state index is 13.1. The normalized spacial score (nSPS) is 33.5. The largest absolute Gasteiger partial charge is 0.368 e. The molecule has 4 bridgehead atoms. The van der Waals surface area contributed by atoms with Gasteiger partial charge in [0.25, 0.3) is 0 Å². The van der Waals surface area contributed by atoms with Crippen molar-refractivity contribution in [2.24, 2.45) is 23.2 Å². The Morgan fingerprint density at radius 3 is 2.03 bits per heavy atom. The summed E-state index contributed by atoms with van der Waals surface area (Å²) in [5.41, 5.74) is 1.15. The molecule has 5 nitrogen and oxygen atoms in total. The number of anilines is 1. The Morgan fingerprint density at radius 1 is 0.967 bits per heavy atom. The second kappa shape index (κ2) is 7.54. The zero-order valence-corrected chi connectivity index (χ0v) is 17.8. The second-order valence-electron chi connectivity index (χ2n) is 10.2. The van der Waals surface area contributed by atoms with Crippen molar-refractivity contribution in [1.82, 2.24) is 10.2 Å². The summed E-state index contributed by atoms with van der Waals surface area (Å²) < 4.78 is 13.1. The molecule has 162 valence electrons. The smallest absolute Gasteiger partial charge is 0.312 e. The molecule has 1 N–H and O–H groups in total. The number of amides is 2. The van der Waals surface area contributed by atoms with Crippen LogP contribution in [0.25, 0.3) is 0 Å². The third kappa shape index (κ3) is 3.58. The van der Waals surface area contributed by atoms with Crippen LogP contribution in [-0.4, -0.2) is 48.9 Å². The van der Waals surface area contributed by atoms with Crippen LogP contribution >= 0.6 is 0 Å². The van der Waals surface area contributed by atoms with Crippen LogP contribution in [0.5, 0.6) is 0 Å². The first kappa shape index (κ1) is 19.8. The highest BCUT2D eigenvalue weighted by molar-refractivity contribution is 6.35. The van der Waals surface area contributed by atoms with Crippen LogP contribution in [-0.2, 0) is 9.59 Å². The fraction of sp³-hybridized carbons (Fsp3) is 0.667. The van der Waals surface area contributed by atoms with E-state index >= 15 is 0 Å². The lowest BCUT2D eigenvalue weighted by Crippen LogP contribution is -2.58. The summed E-state index contributed by atoms with van der Waals surface area (Å²) in [5, 5.41) is 3.10. The van der Waals surface area contributed by atoms with Gasteiger partial charge < -0.3 is 15.1 Å². The molecule has 6 rings (SSSR count). The Hall–Kier alpha value is -2.11. The van der Waals surface area contributed by atoms with Crippen LogP contribution < -0.4 is 10.2 Å². The van der Waals surface area contributed by atoms with Gasteiger partial charge in [0, 0.05) is 37.9 Å². The second-order valence-corrected chi connectivity index (χ2v) is 10.2. The van der Waals surface area contributed by atoms with Crippen LogP contribution in [0.15, 0.2) is 24.3 Å². The highest BCUT2D eigenvalue weighted by Gasteiger charge is 2.53. The third-order valence-electron chi connectivity index (χ3n) is 8.30. The van der Waals surface area contributed by atoms with Crippen LogP contribution in [0.3, 0.4) is 0 Å².